The van der Waals surface area contributed by atoms with Crippen molar-refractivity contribution in [3.63, 3.8) is 0 Å². The summed E-state index contributed by atoms with van der Waals surface area (Å²) in [6.45, 7) is 2.27. The van der Waals surface area contributed by atoms with Crippen molar-refractivity contribution in [2.24, 2.45) is 0 Å². The molecule has 1 saturated heterocycles. The Morgan fingerprint density at radius 2 is 2.35 bits per heavy atom. The minimum absolute atomic E-state index is 0.0594. The number of H-pyrrole nitrogens is 1. The van der Waals surface area contributed by atoms with E-state index < -0.39 is 5.69 Å². The minimum atomic E-state index is -0.417. The Bertz CT molecular complexity index is 510. The Balaban J connectivity index is 2.22. The van der Waals surface area contributed by atoms with Gasteiger partial charge in [0, 0.05) is 0 Å². The molecule has 1 fully saturated rings. The third kappa shape index (κ3) is 2.86. The predicted octanol–water partition coefficient (Wildman–Crippen LogP) is -0.377. The molecule has 1 aliphatic rings. The predicted molar refractivity (Wildman–Crippen MR) is 60.9 cm³/mol. The molecule has 1 aromatic heterocycles. The topological polar surface area (TPSA) is 73.3 Å². The first kappa shape index (κ1) is 13.0. The first-order chi connectivity index (χ1) is 8.11. The van der Waals surface area contributed by atoms with E-state index in [2.05, 4.69) is 4.98 Å². The van der Waals surface area contributed by atoms with Gasteiger partial charge in [-0.3, -0.25) is 0 Å². The van der Waals surface area contributed by atoms with Crippen LogP contribution >= 0.6 is 0 Å². The van der Waals surface area contributed by atoms with Gasteiger partial charge in [-0.2, -0.15) is 0 Å². The standard InChI is InChI=1S/C10H13N2O4.Tl/c1-6-4-12(10(15)11-9(6)14)8-3-2-7(5-13)16-8;/h4,7-8H,2-3,5H2,1H3,(H,11,14,15);/q-1;+1/t7-,8+;/m1./s1. The fourth-order valence-electron chi connectivity index (χ4n) is 1.92. The number of hydrogen-bond acceptors (Lipinski definition) is 4. The maximum atomic E-state index is 11.6. The van der Waals surface area contributed by atoms with Crippen molar-refractivity contribution in [2.45, 2.75) is 32.1 Å². The van der Waals surface area contributed by atoms with Gasteiger partial charge in [0.1, 0.15) is 0 Å². The van der Waals surface area contributed by atoms with Gasteiger partial charge >= 0.3 is 114 Å². The first-order valence-electron chi connectivity index (χ1n) is 5.41. The van der Waals surface area contributed by atoms with E-state index in [-0.39, 0.29) is 17.9 Å². The fourth-order valence-corrected chi connectivity index (χ4v) is 2.76. The number of nitrogens with zero attached hydrogens (tertiary/aromatic N) is 1. The molecule has 0 aliphatic carbocycles. The van der Waals surface area contributed by atoms with Crippen molar-refractivity contribution < 1.29 is 7.42 Å². The molecule has 1 aliphatic heterocycles. The van der Waals surface area contributed by atoms with Crippen molar-refractivity contribution in [3.8, 4) is 0 Å². The third-order valence-electron chi connectivity index (χ3n) is 2.82. The van der Waals surface area contributed by atoms with Crippen LogP contribution in [0.5, 0.6) is 0 Å². The van der Waals surface area contributed by atoms with E-state index in [0.29, 0.717) is 38.4 Å². The maximum absolute atomic E-state index is 11.6. The number of ether oxygens (including phenoxy) is 1. The average molecular weight is 430 g/mol. The molecule has 0 spiro atoms. The van der Waals surface area contributed by atoms with E-state index in [0.717, 1.165) is 12.8 Å². The molecule has 0 saturated carbocycles. The molecule has 2 atom stereocenters. The number of hydrogen-bond donors (Lipinski definition) is 1. The van der Waals surface area contributed by atoms with Crippen molar-refractivity contribution >= 4 is 26.2 Å². The average Bonchev–Trinajstić information content (AvgIpc) is 2.72. The van der Waals surface area contributed by atoms with Gasteiger partial charge in [0.15, 0.2) is 0 Å². The van der Waals surface area contributed by atoms with Crippen molar-refractivity contribution in [1.29, 1.82) is 0 Å². The molecule has 1 aromatic rings. The van der Waals surface area contributed by atoms with Crippen LogP contribution in [0, 0.1) is 6.92 Å². The van der Waals surface area contributed by atoms with Crippen LogP contribution in [0.15, 0.2) is 15.8 Å². The molecular weight excluding hydrogens is 417 g/mol. The second kappa shape index (κ2) is 5.44. The van der Waals surface area contributed by atoms with Crippen LogP contribution < -0.4 is 11.2 Å². The van der Waals surface area contributed by atoms with Gasteiger partial charge in [0.25, 0.3) is 0 Å². The van der Waals surface area contributed by atoms with Crippen LogP contribution in [0.1, 0.15) is 24.6 Å². The van der Waals surface area contributed by atoms with E-state index in [1.807, 2.05) is 0 Å². The van der Waals surface area contributed by atoms with Gasteiger partial charge in [-0.05, 0) is 0 Å². The Morgan fingerprint density at radius 3 is 3.06 bits per heavy atom. The monoisotopic (exact) mass is 430 g/mol. The Morgan fingerprint density at radius 1 is 1.59 bits per heavy atom. The summed E-state index contributed by atoms with van der Waals surface area (Å²) in [5.41, 5.74) is -0.248. The van der Waals surface area contributed by atoms with E-state index in [9.17, 15) is 9.59 Å². The number of aromatic amines is 1. The molecule has 2 heterocycles. The molecule has 7 heteroatoms. The van der Waals surface area contributed by atoms with Gasteiger partial charge in [-0.15, -0.1) is 0 Å². The molecule has 2 rings (SSSR count). The van der Waals surface area contributed by atoms with Crippen LogP contribution in [-0.4, -0.2) is 48.5 Å². The number of rotatable bonds is 3. The van der Waals surface area contributed by atoms with Gasteiger partial charge in [-0.25, -0.2) is 0 Å². The molecule has 0 unspecified atom stereocenters. The van der Waals surface area contributed by atoms with Crippen LogP contribution in [0.4, 0.5) is 0 Å². The Kier molecular flexibility index (Phi) is 4.15. The molecule has 17 heavy (non-hydrogen) atoms. The first-order valence-corrected chi connectivity index (χ1v) is 7.24. The SMILES string of the molecule is Cc1cn([C@@H]2CC[C@H](C[O][Tl])O2)c(=O)[nH]c1=O. The molecule has 0 bridgehead atoms. The van der Waals surface area contributed by atoms with Crippen molar-refractivity contribution in [1.82, 2.24) is 9.55 Å². The van der Waals surface area contributed by atoms with E-state index in [1.165, 1.54) is 4.57 Å². The van der Waals surface area contributed by atoms with E-state index >= 15 is 0 Å². The summed E-state index contributed by atoms with van der Waals surface area (Å²) >= 11 is 0.501. The van der Waals surface area contributed by atoms with Gasteiger partial charge < -0.3 is 0 Å². The summed E-state index contributed by atoms with van der Waals surface area (Å²) in [6.07, 6.45) is 2.97. The zero-order valence-corrected chi connectivity index (χ0v) is 14.0. The third-order valence-corrected chi connectivity index (χ3v) is 3.57. The summed E-state index contributed by atoms with van der Waals surface area (Å²) in [7, 11) is 0. The van der Waals surface area contributed by atoms with Crippen LogP contribution in [-0.2, 0) is 7.42 Å². The summed E-state index contributed by atoms with van der Waals surface area (Å²) < 4.78 is 12.3. The number of aromatic nitrogens is 2. The molecule has 1 N–H and O–H groups in total. The summed E-state index contributed by atoms with van der Waals surface area (Å²) in [5, 5.41) is 0. The fraction of sp³-hybridized carbons (Fsp3) is 0.600. The normalized spacial score (nSPS) is 24.0. The molecule has 0 radical (unpaired) electrons. The second-order valence-electron chi connectivity index (χ2n) is 4.10. The van der Waals surface area contributed by atoms with Crippen molar-refractivity contribution in [3.05, 3.63) is 32.6 Å². The Hall–Kier alpha value is -0.478. The Labute approximate surface area is 114 Å². The number of aryl methyl sites for hydroxylation is 1. The molecular formula is C10H13N2O4Tl. The van der Waals surface area contributed by atoms with Crippen LogP contribution in [0.25, 0.3) is 0 Å². The summed E-state index contributed by atoms with van der Waals surface area (Å²) in [5.74, 6) is 0. The summed E-state index contributed by atoms with van der Waals surface area (Å²) in [6, 6.07) is 0. The van der Waals surface area contributed by atoms with Crippen LogP contribution in [0.2, 0.25) is 0 Å². The quantitative estimate of drug-likeness (QED) is 0.665. The zero-order valence-electron chi connectivity index (χ0n) is 9.51. The molecule has 0 amide bonds. The zero-order chi connectivity index (χ0) is 12.4. The molecule has 6 nitrogen and oxygen atoms in total. The van der Waals surface area contributed by atoms with E-state index in [4.69, 9.17) is 7.42 Å². The second-order valence-corrected chi connectivity index (χ2v) is 5.40. The van der Waals surface area contributed by atoms with Gasteiger partial charge in [0.05, 0.1) is 0 Å². The molecule has 90 valence electrons. The number of nitrogens with one attached hydrogen (secondary N) is 1. The molecule has 0 aromatic carbocycles. The van der Waals surface area contributed by atoms with Crippen LogP contribution in [0.3, 0.4) is 0 Å². The van der Waals surface area contributed by atoms with E-state index in [1.54, 1.807) is 13.1 Å². The van der Waals surface area contributed by atoms with Gasteiger partial charge in [0.2, 0.25) is 0 Å². The summed E-state index contributed by atoms with van der Waals surface area (Å²) in [4.78, 5) is 25.2. The van der Waals surface area contributed by atoms with Crippen molar-refractivity contribution in [2.75, 3.05) is 6.61 Å². The van der Waals surface area contributed by atoms with Gasteiger partial charge in [-0.1, -0.05) is 0 Å².